The Labute approximate surface area is 188 Å². The fourth-order valence-corrected chi connectivity index (χ4v) is 3.48. The summed E-state index contributed by atoms with van der Waals surface area (Å²) in [5.74, 6) is 0.472. The minimum Gasteiger partial charge on any atom is -0.469 e. The molecule has 1 N–H and O–H groups in total. The molecule has 2 fully saturated rings. The van der Waals surface area contributed by atoms with Crippen LogP contribution in [0, 0.1) is 0 Å². The number of likely N-dealkylation sites (tertiary alicyclic amines) is 1. The number of amides is 1. The van der Waals surface area contributed by atoms with Crippen LogP contribution in [0.15, 0.2) is 49.2 Å². The first-order valence-electron chi connectivity index (χ1n) is 10.3. The van der Waals surface area contributed by atoms with E-state index in [-0.39, 0.29) is 24.7 Å². The highest BCUT2D eigenvalue weighted by atomic mass is 19.4. The number of aromatic nitrogens is 2. The van der Waals surface area contributed by atoms with Crippen LogP contribution in [-0.2, 0) is 27.1 Å². The fourth-order valence-electron chi connectivity index (χ4n) is 3.48. The molecule has 0 radical (unpaired) electrons. The van der Waals surface area contributed by atoms with Gasteiger partial charge in [0.25, 0.3) is 0 Å². The van der Waals surface area contributed by atoms with Crippen molar-refractivity contribution in [2.75, 3.05) is 31.6 Å². The molecule has 8 nitrogen and oxygen atoms in total. The molecule has 2 aromatic rings. The van der Waals surface area contributed by atoms with E-state index in [4.69, 9.17) is 14.2 Å². The molecule has 0 saturated carbocycles. The second-order valence-corrected chi connectivity index (χ2v) is 7.74. The zero-order valence-electron chi connectivity index (χ0n) is 17.6. The molecule has 0 spiro atoms. The zero-order valence-corrected chi connectivity index (χ0v) is 17.6. The number of hydrogen-bond donors (Lipinski definition) is 1. The molecule has 2 unspecified atom stereocenters. The molecule has 4 rings (SSSR count). The van der Waals surface area contributed by atoms with Gasteiger partial charge in [0, 0.05) is 25.4 Å². The predicted molar refractivity (Wildman–Crippen MR) is 111 cm³/mol. The van der Waals surface area contributed by atoms with E-state index in [9.17, 15) is 18.0 Å². The molecule has 33 heavy (non-hydrogen) atoms. The quantitative estimate of drug-likeness (QED) is 0.602. The van der Waals surface area contributed by atoms with Gasteiger partial charge in [-0.1, -0.05) is 18.7 Å². The molecule has 2 saturated heterocycles. The van der Waals surface area contributed by atoms with Crippen molar-refractivity contribution in [1.29, 1.82) is 0 Å². The van der Waals surface area contributed by atoms with Gasteiger partial charge in [0.15, 0.2) is 0 Å². The molecule has 3 heterocycles. The van der Waals surface area contributed by atoms with E-state index in [1.54, 1.807) is 17.2 Å². The van der Waals surface area contributed by atoms with Gasteiger partial charge in [0.2, 0.25) is 17.7 Å². The maximum atomic E-state index is 12.8. The Kier molecular flexibility index (Phi) is 6.80. The maximum Gasteiger partial charge on any atom is 0.416 e. The first kappa shape index (κ1) is 23.0. The van der Waals surface area contributed by atoms with E-state index in [1.165, 1.54) is 18.2 Å². The largest absolute Gasteiger partial charge is 0.469 e. The molecular formula is C22H23F3N4O4. The van der Waals surface area contributed by atoms with Crippen LogP contribution in [0.3, 0.4) is 0 Å². The first-order chi connectivity index (χ1) is 15.8. The van der Waals surface area contributed by atoms with Gasteiger partial charge in [-0.3, -0.25) is 4.79 Å². The Morgan fingerprint density at radius 1 is 1.24 bits per heavy atom. The second kappa shape index (κ2) is 9.75. The maximum absolute atomic E-state index is 12.8. The third-order valence-electron chi connectivity index (χ3n) is 5.34. The van der Waals surface area contributed by atoms with Crippen LogP contribution < -0.4 is 10.1 Å². The van der Waals surface area contributed by atoms with Crippen LogP contribution in [0.25, 0.3) is 0 Å². The normalized spacial score (nSPS) is 20.9. The summed E-state index contributed by atoms with van der Waals surface area (Å²) >= 11 is 0. The second-order valence-electron chi connectivity index (χ2n) is 7.74. The van der Waals surface area contributed by atoms with Crippen molar-refractivity contribution in [1.82, 2.24) is 14.9 Å². The van der Waals surface area contributed by atoms with E-state index in [0.717, 1.165) is 12.1 Å². The van der Waals surface area contributed by atoms with Crippen molar-refractivity contribution in [3.63, 3.8) is 0 Å². The number of anilines is 1. The van der Waals surface area contributed by atoms with Gasteiger partial charge in [-0.15, -0.1) is 0 Å². The van der Waals surface area contributed by atoms with Crippen LogP contribution in [0.5, 0.6) is 5.88 Å². The number of carbonyl (C=O) groups is 1. The number of halogens is 3. The average Bonchev–Trinajstić information content (AvgIpc) is 3.17. The predicted octanol–water partition coefficient (Wildman–Crippen LogP) is 2.67. The van der Waals surface area contributed by atoms with E-state index >= 15 is 0 Å². The van der Waals surface area contributed by atoms with Gasteiger partial charge in [-0.05, 0) is 23.8 Å². The molecule has 176 valence electrons. The Morgan fingerprint density at radius 3 is 2.64 bits per heavy atom. The lowest BCUT2D eigenvalue weighted by Crippen LogP contribution is -2.39. The lowest BCUT2D eigenvalue weighted by Gasteiger charge is -2.26. The van der Waals surface area contributed by atoms with Crippen LogP contribution in [0.2, 0.25) is 0 Å². The fraction of sp³-hybridized carbons (Fsp3) is 0.409. The third kappa shape index (κ3) is 5.79. The number of hydrogen-bond acceptors (Lipinski definition) is 7. The van der Waals surface area contributed by atoms with Crippen LogP contribution >= 0.6 is 0 Å². The van der Waals surface area contributed by atoms with Gasteiger partial charge >= 0.3 is 6.18 Å². The molecule has 1 aromatic heterocycles. The summed E-state index contributed by atoms with van der Waals surface area (Å²) in [5.41, 5.74) is -0.133. The minimum absolute atomic E-state index is 0.0419. The molecule has 2 aliphatic rings. The molecule has 1 amide bonds. The van der Waals surface area contributed by atoms with Gasteiger partial charge < -0.3 is 24.4 Å². The number of benzene rings is 1. The van der Waals surface area contributed by atoms with Crippen LogP contribution in [0.4, 0.5) is 19.1 Å². The molecule has 1 aromatic carbocycles. The molecule has 11 heteroatoms. The number of carbonyl (C=O) groups excluding carboxylic acids is 1. The molecule has 0 aliphatic carbocycles. The van der Waals surface area contributed by atoms with Crippen molar-refractivity contribution in [2.24, 2.45) is 0 Å². The zero-order chi connectivity index (χ0) is 23.4. The summed E-state index contributed by atoms with van der Waals surface area (Å²) < 4.78 is 55.1. The van der Waals surface area contributed by atoms with Crippen molar-refractivity contribution in [3.8, 4) is 5.88 Å². The van der Waals surface area contributed by atoms with Crippen molar-refractivity contribution in [3.05, 3.63) is 60.3 Å². The average molecular weight is 464 g/mol. The number of nitrogens with zero attached hydrogens (tertiary/aromatic N) is 3. The molecular weight excluding hydrogens is 441 g/mol. The summed E-state index contributed by atoms with van der Waals surface area (Å²) in [5, 5.41) is 3.18. The Balaban J connectivity index is 1.41. The first-order valence-corrected chi connectivity index (χ1v) is 10.3. The van der Waals surface area contributed by atoms with Gasteiger partial charge in [0.1, 0.15) is 6.10 Å². The highest BCUT2D eigenvalue weighted by Crippen LogP contribution is 2.29. The highest BCUT2D eigenvalue weighted by Gasteiger charge is 2.36. The summed E-state index contributed by atoms with van der Waals surface area (Å²) in [7, 11) is 0. The van der Waals surface area contributed by atoms with E-state index in [0.29, 0.717) is 43.7 Å². The third-order valence-corrected chi connectivity index (χ3v) is 5.34. The van der Waals surface area contributed by atoms with Crippen molar-refractivity contribution >= 4 is 11.9 Å². The standard InChI is InChI=1S/C22H23F3N4O4/c1-2-20(30)29-9-17(27-21-26-8-7-19(28-21)33-16-12-31-13-16)18(10-29)32-11-14-3-5-15(6-4-14)22(23,24)25/h2-8,16-18H,1,9-13H2,(H,26,27,28). The van der Waals surface area contributed by atoms with Gasteiger partial charge in [0.05, 0.1) is 37.5 Å². The Hall–Kier alpha value is -3.18. The van der Waals surface area contributed by atoms with Crippen LogP contribution in [-0.4, -0.2) is 65.3 Å². The Bertz CT molecular complexity index is 982. The summed E-state index contributed by atoms with van der Waals surface area (Å²) in [6.07, 6.45) is -2.09. The lowest BCUT2D eigenvalue weighted by molar-refractivity contribution is -0.137. The lowest BCUT2D eigenvalue weighted by atomic mass is 10.1. The number of rotatable bonds is 8. The van der Waals surface area contributed by atoms with Crippen molar-refractivity contribution in [2.45, 2.75) is 31.0 Å². The molecule has 0 bridgehead atoms. The van der Waals surface area contributed by atoms with Gasteiger partial charge in [-0.2, -0.15) is 18.2 Å². The number of nitrogens with one attached hydrogen (secondary N) is 1. The Morgan fingerprint density at radius 2 is 2.00 bits per heavy atom. The summed E-state index contributed by atoms with van der Waals surface area (Å²) in [6.45, 7) is 5.24. The summed E-state index contributed by atoms with van der Waals surface area (Å²) in [4.78, 5) is 22.3. The van der Waals surface area contributed by atoms with E-state index in [1.807, 2.05) is 0 Å². The number of ether oxygens (including phenoxy) is 3. The minimum atomic E-state index is -4.39. The smallest absolute Gasteiger partial charge is 0.416 e. The van der Waals surface area contributed by atoms with Crippen LogP contribution in [0.1, 0.15) is 11.1 Å². The monoisotopic (exact) mass is 464 g/mol. The molecule has 2 atom stereocenters. The number of alkyl halides is 3. The molecule has 2 aliphatic heterocycles. The summed E-state index contributed by atoms with van der Waals surface area (Å²) in [6, 6.07) is 6.09. The topological polar surface area (TPSA) is 85.8 Å². The van der Waals surface area contributed by atoms with Gasteiger partial charge in [-0.25, -0.2) is 4.98 Å². The SMILES string of the molecule is C=CC(=O)N1CC(Nc2nccc(OC3COC3)n2)C(OCc2ccc(C(F)(F)F)cc2)C1. The van der Waals surface area contributed by atoms with Crippen molar-refractivity contribution < 1.29 is 32.2 Å². The highest BCUT2D eigenvalue weighted by molar-refractivity contribution is 5.87. The van der Waals surface area contributed by atoms with E-state index < -0.39 is 17.8 Å². The van der Waals surface area contributed by atoms with E-state index in [2.05, 4.69) is 21.9 Å².